The molecule has 92 valence electrons. The van der Waals surface area contributed by atoms with E-state index in [1.165, 1.54) is 5.56 Å². The van der Waals surface area contributed by atoms with Crippen LogP contribution >= 0.6 is 0 Å². The molecule has 1 aromatic rings. The molecule has 2 heterocycles. The standard InChI is InChI=1S/C14H20N2O/c1-2-4-12(5-3-1)11-16-8-9-17-14-6-7-15-10-13(14)16/h1-5,13-15H,6-11H2/t13-,14+/m0/s1. The number of hydrogen-bond acceptors (Lipinski definition) is 3. The molecule has 2 saturated heterocycles. The molecule has 0 unspecified atom stereocenters. The summed E-state index contributed by atoms with van der Waals surface area (Å²) >= 11 is 0. The van der Waals surface area contributed by atoms with Gasteiger partial charge in [0.05, 0.1) is 12.7 Å². The monoisotopic (exact) mass is 232 g/mol. The largest absolute Gasteiger partial charge is 0.375 e. The third-order valence-electron chi connectivity index (χ3n) is 3.80. The van der Waals surface area contributed by atoms with E-state index >= 15 is 0 Å². The Morgan fingerprint density at radius 1 is 1.29 bits per heavy atom. The fourth-order valence-corrected chi connectivity index (χ4v) is 2.88. The highest BCUT2D eigenvalue weighted by molar-refractivity contribution is 5.15. The van der Waals surface area contributed by atoms with E-state index < -0.39 is 0 Å². The van der Waals surface area contributed by atoms with Crippen LogP contribution in [-0.2, 0) is 11.3 Å². The van der Waals surface area contributed by atoms with E-state index in [0.717, 1.165) is 39.2 Å². The van der Waals surface area contributed by atoms with Crippen LogP contribution in [0.5, 0.6) is 0 Å². The van der Waals surface area contributed by atoms with Crippen molar-refractivity contribution in [3.8, 4) is 0 Å². The molecule has 1 aromatic carbocycles. The van der Waals surface area contributed by atoms with Crippen molar-refractivity contribution < 1.29 is 4.74 Å². The van der Waals surface area contributed by atoms with Gasteiger partial charge in [-0.15, -0.1) is 0 Å². The normalized spacial score (nSPS) is 29.9. The van der Waals surface area contributed by atoms with Crippen molar-refractivity contribution in [1.29, 1.82) is 0 Å². The third kappa shape index (κ3) is 2.51. The zero-order valence-electron chi connectivity index (χ0n) is 10.1. The van der Waals surface area contributed by atoms with E-state index in [2.05, 4.69) is 40.5 Å². The Hall–Kier alpha value is -0.900. The second kappa shape index (κ2) is 5.17. The molecule has 0 aliphatic carbocycles. The van der Waals surface area contributed by atoms with Gasteiger partial charge in [0, 0.05) is 25.7 Å². The summed E-state index contributed by atoms with van der Waals surface area (Å²) in [7, 11) is 0. The number of ether oxygens (including phenoxy) is 1. The zero-order valence-corrected chi connectivity index (χ0v) is 10.1. The van der Waals surface area contributed by atoms with Gasteiger partial charge in [0.1, 0.15) is 0 Å². The molecule has 1 N–H and O–H groups in total. The van der Waals surface area contributed by atoms with Crippen molar-refractivity contribution in [2.45, 2.75) is 25.1 Å². The van der Waals surface area contributed by atoms with Gasteiger partial charge in [-0.3, -0.25) is 4.90 Å². The maximum absolute atomic E-state index is 5.87. The molecule has 0 bridgehead atoms. The van der Waals surface area contributed by atoms with Crippen LogP contribution in [0.1, 0.15) is 12.0 Å². The van der Waals surface area contributed by atoms with Crippen LogP contribution in [0, 0.1) is 0 Å². The van der Waals surface area contributed by atoms with Crippen molar-refractivity contribution >= 4 is 0 Å². The van der Waals surface area contributed by atoms with Crippen molar-refractivity contribution in [2.75, 3.05) is 26.2 Å². The molecule has 2 aliphatic heterocycles. The smallest absolute Gasteiger partial charge is 0.0755 e. The van der Waals surface area contributed by atoms with Crippen molar-refractivity contribution in [1.82, 2.24) is 10.2 Å². The summed E-state index contributed by atoms with van der Waals surface area (Å²) in [4.78, 5) is 2.57. The highest BCUT2D eigenvalue weighted by Gasteiger charge is 2.33. The minimum absolute atomic E-state index is 0.439. The average molecular weight is 232 g/mol. The van der Waals surface area contributed by atoms with Gasteiger partial charge >= 0.3 is 0 Å². The highest BCUT2D eigenvalue weighted by atomic mass is 16.5. The Morgan fingerprint density at radius 3 is 3.06 bits per heavy atom. The number of hydrogen-bond donors (Lipinski definition) is 1. The molecule has 17 heavy (non-hydrogen) atoms. The molecule has 3 rings (SSSR count). The second-order valence-electron chi connectivity index (χ2n) is 4.93. The van der Waals surface area contributed by atoms with Gasteiger partial charge in [-0.05, 0) is 18.5 Å². The van der Waals surface area contributed by atoms with E-state index in [1.54, 1.807) is 0 Å². The summed E-state index contributed by atoms with van der Waals surface area (Å²) in [5.74, 6) is 0. The fourth-order valence-electron chi connectivity index (χ4n) is 2.88. The van der Waals surface area contributed by atoms with E-state index in [4.69, 9.17) is 4.74 Å². The van der Waals surface area contributed by atoms with Crippen LogP contribution in [0.2, 0.25) is 0 Å². The van der Waals surface area contributed by atoms with Crippen LogP contribution < -0.4 is 5.32 Å². The van der Waals surface area contributed by atoms with Gasteiger partial charge in [-0.1, -0.05) is 30.3 Å². The predicted molar refractivity (Wildman–Crippen MR) is 67.9 cm³/mol. The third-order valence-corrected chi connectivity index (χ3v) is 3.80. The number of morpholine rings is 1. The van der Waals surface area contributed by atoms with Crippen LogP contribution in [0.4, 0.5) is 0 Å². The van der Waals surface area contributed by atoms with Gasteiger partial charge in [0.2, 0.25) is 0 Å². The Morgan fingerprint density at radius 2 is 2.18 bits per heavy atom. The number of piperidine rings is 1. The van der Waals surface area contributed by atoms with Crippen LogP contribution in [0.15, 0.2) is 30.3 Å². The van der Waals surface area contributed by atoms with Gasteiger partial charge in [-0.25, -0.2) is 0 Å². The fraction of sp³-hybridized carbons (Fsp3) is 0.571. The van der Waals surface area contributed by atoms with E-state index in [9.17, 15) is 0 Å². The molecule has 2 aliphatic rings. The zero-order chi connectivity index (χ0) is 11.5. The van der Waals surface area contributed by atoms with E-state index in [1.807, 2.05) is 0 Å². The summed E-state index contributed by atoms with van der Waals surface area (Å²) in [6, 6.07) is 11.3. The summed E-state index contributed by atoms with van der Waals surface area (Å²) in [5, 5.41) is 3.48. The molecule has 3 heteroatoms. The summed E-state index contributed by atoms with van der Waals surface area (Å²) in [6.45, 7) is 5.15. The Labute approximate surface area is 103 Å². The molecule has 2 fully saturated rings. The lowest BCUT2D eigenvalue weighted by molar-refractivity contribution is -0.0854. The van der Waals surface area contributed by atoms with Crippen LogP contribution in [0.3, 0.4) is 0 Å². The topological polar surface area (TPSA) is 24.5 Å². The first-order valence-corrected chi connectivity index (χ1v) is 6.54. The molecule has 2 atom stereocenters. The minimum Gasteiger partial charge on any atom is -0.375 e. The number of nitrogens with one attached hydrogen (secondary N) is 1. The van der Waals surface area contributed by atoms with Crippen LogP contribution in [0.25, 0.3) is 0 Å². The maximum Gasteiger partial charge on any atom is 0.0755 e. The summed E-state index contributed by atoms with van der Waals surface area (Å²) in [6.07, 6.45) is 1.59. The first-order chi connectivity index (χ1) is 8.43. The van der Waals surface area contributed by atoms with E-state index in [0.29, 0.717) is 12.1 Å². The predicted octanol–water partition coefficient (Wildman–Crippen LogP) is 1.25. The first kappa shape index (κ1) is 11.2. The lowest BCUT2D eigenvalue weighted by Gasteiger charge is -2.44. The molecule has 0 radical (unpaired) electrons. The molecule has 0 saturated carbocycles. The summed E-state index contributed by atoms with van der Waals surface area (Å²) in [5.41, 5.74) is 1.40. The van der Waals surface area contributed by atoms with Gasteiger partial charge in [0.25, 0.3) is 0 Å². The maximum atomic E-state index is 5.87. The average Bonchev–Trinajstić information content (AvgIpc) is 2.40. The number of nitrogens with zero attached hydrogens (tertiary/aromatic N) is 1. The molecule has 0 spiro atoms. The van der Waals surface area contributed by atoms with Crippen molar-refractivity contribution in [2.24, 2.45) is 0 Å². The van der Waals surface area contributed by atoms with Gasteiger partial charge in [-0.2, -0.15) is 0 Å². The van der Waals surface area contributed by atoms with Crippen molar-refractivity contribution in [3.63, 3.8) is 0 Å². The Balaban J connectivity index is 1.69. The van der Waals surface area contributed by atoms with Gasteiger partial charge < -0.3 is 10.1 Å². The SMILES string of the molecule is c1ccc(CN2CCO[C@@H]3CCNC[C@@H]32)cc1. The number of rotatable bonds is 2. The lowest BCUT2D eigenvalue weighted by Crippen LogP contribution is -2.58. The van der Waals surface area contributed by atoms with Crippen LogP contribution in [-0.4, -0.2) is 43.3 Å². The molecular formula is C14H20N2O. The van der Waals surface area contributed by atoms with Gasteiger partial charge in [0.15, 0.2) is 0 Å². The number of benzene rings is 1. The van der Waals surface area contributed by atoms with Crippen molar-refractivity contribution in [3.05, 3.63) is 35.9 Å². The van der Waals surface area contributed by atoms with E-state index in [-0.39, 0.29) is 0 Å². The lowest BCUT2D eigenvalue weighted by atomic mass is 9.99. The minimum atomic E-state index is 0.439. The number of fused-ring (bicyclic) bond motifs is 1. The second-order valence-corrected chi connectivity index (χ2v) is 4.93. The molecular weight excluding hydrogens is 212 g/mol. The Bertz CT molecular complexity index is 352. The molecule has 3 nitrogen and oxygen atoms in total. The molecule has 0 amide bonds. The Kier molecular flexibility index (Phi) is 3.41. The first-order valence-electron chi connectivity index (χ1n) is 6.54. The highest BCUT2D eigenvalue weighted by Crippen LogP contribution is 2.21. The summed E-state index contributed by atoms with van der Waals surface area (Å²) < 4.78 is 5.87. The quantitative estimate of drug-likeness (QED) is 0.830. The molecule has 0 aromatic heterocycles.